The molecule has 1 heterocycles. The predicted octanol–water partition coefficient (Wildman–Crippen LogP) is 2.28. The van der Waals surface area contributed by atoms with Crippen molar-refractivity contribution in [3.63, 3.8) is 0 Å². The van der Waals surface area contributed by atoms with Crippen LogP contribution < -0.4 is 5.73 Å². The smallest absolute Gasteiger partial charge is 0.246 e. The van der Waals surface area contributed by atoms with E-state index in [0.717, 1.165) is 12.1 Å². The highest BCUT2D eigenvalue weighted by atomic mass is 35.5. The van der Waals surface area contributed by atoms with Crippen LogP contribution in [0, 0.1) is 5.82 Å². The molecular weight excluding hydrogens is 338 g/mol. The van der Waals surface area contributed by atoms with Gasteiger partial charge in [0.2, 0.25) is 10.0 Å². The summed E-state index contributed by atoms with van der Waals surface area (Å²) in [7, 11) is -3.83. The Bertz CT molecular complexity index is 559. The molecule has 19 heavy (non-hydrogen) atoms. The monoisotopic (exact) mass is 348 g/mol. The number of benzene rings is 1. The van der Waals surface area contributed by atoms with Gasteiger partial charge in [0.15, 0.2) is 0 Å². The summed E-state index contributed by atoms with van der Waals surface area (Å²) in [6, 6.07) is 1.66. The molecule has 1 aliphatic rings. The molecule has 4 nitrogen and oxygen atoms in total. The molecule has 0 spiro atoms. The van der Waals surface area contributed by atoms with E-state index in [1.807, 2.05) is 0 Å². The molecule has 2 N–H and O–H groups in total. The zero-order valence-corrected chi connectivity index (χ0v) is 12.8. The lowest BCUT2D eigenvalue weighted by atomic mass is 10.3. The zero-order chi connectivity index (χ0) is 13.5. The Balaban J connectivity index is 0.00000180. The van der Waals surface area contributed by atoms with Crippen molar-refractivity contribution >= 4 is 45.6 Å². The van der Waals surface area contributed by atoms with Gasteiger partial charge in [-0.05, 0) is 18.6 Å². The largest absolute Gasteiger partial charge is 0.326 e. The van der Waals surface area contributed by atoms with Gasteiger partial charge in [-0.25, -0.2) is 12.8 Å². The highest BCUT2D eigenvalue weighted by Crippen LogP contribution is 2.33. The second-order valence-electron chi connectivity index (χ2n) is 4.11. The number of nitrogens with zero attached hydrogens (tertiary/aromatic N) is 1. The van der Waals surface area contributed by atoms with E-state index in [1.165, 1.54) is 4.31 Å². The molecule has 0 amide bonds. The van der Waals surface area contributed by atoms with E-state index < -0.39 is 15.8 Å². The van der Waals surface area contributed by atoms with Crippen molar-refractivity contribution in [2.24, 2.45) is 5.73 Å². The molecule has 9 heteroatoms. The zero-order valence-electron chi connectivity index (χ0n) is 9.64. The van der Waals surface area contributed by atoms with Crippen LogP contribution in [0.5, 0.6) is 0 Å². The molecule has 1 atom stereocenters. The predicted molar refractivity (Wildman–Crippen MR) is 75.0 cm³/mol. The Morgan fingerprint density at radius 1 is 1.32 bits per heavy atom. The van der Waals surface area contributed by atoms with Crippen molar-refractivity contribution in [1.29, 1.82) is 0 Å². The summed E-state index contributed by atoms with van der Waals surface area (Å²) < 4.78 is 38.9. The summed E-state index contributed by atoms with van der Waals surface area (Å²) in [5, 5.41) is -0.444. The SMILES string of the molecule is Cl.NC1CCN(S(=O)(=O)c2c(Cl)cc(F)cc2Cl)C1. The molecule has 1 aromatic rings. The maximum atomic E-state index is 13.0. The van der Waals surface area contributed by atoms with Crippen molar-refractivity contribution in [3.05, 3.63) is 28.0 Å². The quantitative estimate of drug-likeness (QED) is 0.891. The van der Waals surface area contributed by atoms with Crippen molar-refractivity contribution in [3.8, 4) is 0 Å². The summed E-state index contributed by atoms with van der Waals surface area (Å²) >= 11 is 11.5. The number of sulfonamides is 1. The van der Waals surface area contributed by atoms with Crippen LogP contribution in [0.4, 0.5) is 4.39 Å². The second-order valence-corrected chi connectivity index (χ2v) is 6.80. The van der Waals surface area contributed by atoms with Crippen LogP contribution in [0.3, 0.4) is 0 Å². The molecule has 0 saturated carbocycles. The lowest BCUT2D eigenvalue weighted by Crippen LogP contribution is -2.32. The van der Waals surface area contributed by atoms with Crippen LogP contribution in [0.25, 0.3) is 0 Å². The number of hydrogen-bond acceptors (Lipinski definition) is 3. The maximum absolute atomic E-state index is 13.0. The third kappa shape index (κ3) is 3.32. The molecule has 0 radical (unpaired) electrons. The van der Waals surface area contributed by atoms with Gasteiger partial charge in [0.05, 0.1) is 10.0 Å². The fraction of sp³-hybridized carbons (Fsp3) is 0.400. The Morgan fingerprint density at radius 3 is 2.26 bits per heavy atom. The van der Waals surface area contributed by atoms with Crippen LogP contribution in [-0.2, 0) is 10.0 Å². The summed E-state index contributed by atoms with van der Waals surface area (Å²) in [6.45, 7) is 0.528. The van der Waals surface area contributed by atoms with E-state index in [1.54, 1.807) is 0 Å². The number of nitrogens with two attached hydrogens (primary N) is 1. The minimum Gasteiger partial charge on any atom is -0.326 e. The van der Waals surface area contributed by atoms with E-state index in [-0.39, 0.29) is 39.9 Å². The van der Waals surface area contributed by atoms with Gasteiger partial charge in [0.1, 0.15) is 10.7 Å². The normalized spacial score (nSPS) is 20.3. The van der Waals surface area contributed by atoms with E-state index >= 15 is 0 Å². The Kier molecular flexibility index (Phi) is 5.45. The van der Waals surface area contributed by atoms with Crippen LogP contribution in [0.15, 0.2) is 17.0 Å². The molecule has 1 saturated heterocycles. The molecule has 108 valence electrons. The minimum atomic E-state index is -3.83. The average Bonchev–Trinajstić information content (AvgIpc) is 2.63. The molecule has 1 unspecified atom stereocenters. The van der Waals surface area contributed by atoms with Crippen LogP contribution >= 0.6 is 35.6 Å². The van der Waals surface area contributed by atoms with Gasteiger partial charge in [0.25, 0.3) is 0 Å². The third-order valence-electron chi connectivity index (χ3n) is 2.75. The molecule has 1 aromatic carbocycles. The highest BCUT2D eigenvalue weighted by Gasteiger charge is 2.34. The van der Waals surface area contributed by atoms with Gasteiger partial charge < -0.3 is 5.73 Å². The summed E-state index contributed by atoms with van der Waals surface area (Å²) in [5.41, 5.74) is 5.67. The van der Waals surface area contributed by atoms with Gasteiger partial charge in [0, 0.05) is 19.1 Å². The first-order chi connectivity index (χ1) is 8.32. The molecule has 0 aromatic heterocycles. The Hall–Kier alpha value is -0.110. The van der Waals surface area contributed by atoms with Gasteiger partial charge in [-0.3, -0.25) is 0 Å². The van der Waals surface area contributed by atoms with Gasteiger partial charge in [-0.15, -0.1) is 12.4 Å². The molecular formula is C10H12Cl3FN2O2S. The minimum absolute atomic E-state index is 0. The number of hydrogen-bond donors (Lipinski definition) is 1. The van der Waals surface area contributed by atoms with E-state index in [2.05, 4.69) is 0 Å². The molecule has 1 aliphatic heterocycles. The van der Waals surface area contributed by atoms with E-state index in [4.69, 9.17) is 28.9 Å². The fourth-order valence-electron chi connectivity index (χ4n) is 1.88. The molecule has 0 bridgehead atoms. The van der Waals surface area contributed by atoms with E-state index in [9.17, 15) is 12.8 Å². The Labute approximate surface area is 127 Å². The topological polar surface area (TPSA) is 63.4 Å². The van der Waals surface area contributed by atoms with Gasteiger partial charge in [-0.2, -0.15) is 4.31 Å². The third-order valence-corrected chi connectivity index (χ3v) is 5.54. The first kappa shape index (κ1) is 16.9. The first-order valence-electron chi connectivity index (χ1n) is 5.22. The highest BCUT2D eigenvalue weighted by molar-refractivity contribution is 7.89. The molecule has 1 fully saturated rings. The lowest BCUT2D eigenvalue weighted by Gasteiger charge is -2.17. The van der Waals surface area contributed by atoms with Crippen molar-refractivity contribution in [2.45, 2.75) is 17.4 Å². The lowest BCUT2D eigenvalue weighted by molar-refractivity contribution is 0.472. The average molecular weight is 350 g/mol. The van der Waals surface area contributed by atoms with Crippen LogP contribution in [-0.4, -0.2) is 31.9 Å². The second kappa shape index (κ2) is 6.11. The number of rotatable bonds is 2. The summed E-state index contributed by atoms with van der Waals surface area (Å²) in [6.07, 6.45) is 0.579. The Morgan fingerprint density at radius 2 is 1.84 bits per heavy atom. The summed E-state index contributed by atoms with van der Waals surface area (Å²) in [5.74, 6) is -0.679. The first-order valence-corrected chi connectivity index (χ1v) is 7.42. The van der Waals surface area contributed by atoms with Crippen molar-refractivity contribution < 1.29 is 12.8 Å². The number of halogens is 4. The van der Waals surface area contributed by atoms with Crippen molar-refractivity contribution in [1.82, 2.24) is 4.31 Å². The van der Waals surface area contributed by atoms with E-state index in [0.29, 0.717) is 13.0 Å². The van der Waals surface area contributed by atoms with Gasteiger partial charge >= 0.3 is 0 Å². The van der Waals surface area contributed by atoms with Crippen LogP contribution in [0.1, 0.15) is 6.42 Å². The summed E-state index contributed by atoms with van der Waals surface area (Å²) in [4.78, 5) is -0.263. The molecule has 0 aliphatic carbocycles. The van der Waals surface area contributed by atoms with Crippen LogP contribution in [0.2, 0.25) is 10.0 Å². The maximum Gasteiger partial charge on any atom is 0.246 e. The van der Waals surface area contributed by atoms with Crippen molar-refractivity contribution in [2.75, 3.05) is 13.1 Å². The standard InChI is InChI=1S/C10H11Cl2FN2O2S.ClH/c11-8-3-6(13)4-9(12)10(8)18(16,17)15-2-1-7(14)5-15;/h3-4,7H,1-2,5,14H2;1H. The van der Waals surface area contributed by atoms with Gasteiger partial charge in [-0.1, -0.05) is 23.2 Å². The molecule has 2 rings (SSSR count). The fourth-order valence-corrected chi connectivity index (χ4v) is 4.52.